The van der Waals surface area contributed by atoms with E-state index >= 15 is 0 Å². The van der Waals surface area contributed by atoms with Gasteiger partial charge in [-0.1, -0.05) is 12.1 Å². The van der Waals surface area contributed by atoms with Crippen LogP contribution in [0.5, 0.6) is 0 Å². The van der Waals surface area contributed by atoms with Crippen molar-refractivity contribution < 1.29 is 17.6 Å². The number of imidazole rings is 1. The summed E-state index contributed by atoms with van der Waals surface area (Å²) in [5.41, 5.74) is -0.835. The van der Waals surface area contributed by atoms with Crippen LogP contribution in [-0.2, 0) is 20.4 Å². The lowest BCUT2D eigenvalue weighted by Gasteiger charge is -2.45. The van der Waals surface area contributed by atoms with E-state index in [9.17, 15) is 17.6 Å². The Balaban J connectivity index is 1.60. The zero-order chi connectivity index (χ0) is 19.1. The third kappa shape index (κ3) is 2.94. The third-order valence-electron chi connectivity index (χ3n) is 5.54. The Labute approximate surface area is 157 Å². The van der Waals surface area contributed by atoms with Crippen LogP contribution in [0.25, 0.3) is 0 Å². The van der Waals surface area contributed by atoms with E-state index in [-0.39, 0.29) is 23.9 Å². The van der Waals surface area contributed by atoms with Crippen molar-refractivity contribution in [3.63, 3.8) is 0 Å². The van der Waals surface area contributed by atoms with Crippen molar-refractivity contribution in [1.29, 1.82) is 0 Å². The van der Waals surface area contributed by atoms with E-state index < -0.39 is 21.4 Å². The Kier molecular flexibility index (Phi) is 4.51. The van der Waals surface area contributed by atoms with Gasteiger partial charge in [-0.25, -0.2) is 17.8 Å². The van der Waals surface area contributed by atoms with Gasteiger partial charge in [0, 0.05) is 38.6 Å². The molecule has 2 aliphatic heterocycles. The number of benzene rings is 1. The highest BCUT2D eigenvalue weighted by Gasteiger charge is 2.48. The van der Waals surface area contributed by atoms with Gasteiger partial charge in [-0.05, 0) is 31.4 Å². The molecule has 7 nitrogen and oxygen atoms in total. The van der Waals surface area contributed by atoms with Crippen LogP contribution in [0.15, 0.2) is 47.9 Å². The van der Waals surface area contributed by atoms with E-state index in [2.05, 4.69) is 4.98 Å². The molecule has 1 aromatic carbocycles. The largest absolute Gasteiger partial charge is 0.341 e. The summed E-state index contributed by atoms with van der Waals surface area (Å²) in [7, 11) is -3.94. The lowest BCUT2D eigenvalue weighted by molar-refractivity contribution is -0.146. The van der Waals surface area contributed by atoms with Gasteiger partial charge >= 0.3 is 0 Å². The number of carbonyl (C=O) groups is 1. The number of aromatic nitrogens is 2. The molecular formula is C18H21FN4O3S. The van der Waals surface area contributed by atoms with Crippen LogP contribution >= 0.6 is 0 Å². The number of hydrogen-bond donors (Lipinski definition) is 0. The van der Waals surface area contributed by atoms with Crippen molar-refractivity contribution >= 4 is 15.9 Å². The van der Waals surface area contributed by atoms with Crippen LogP contribution < -0.4 is 0 Å². The molecule has 2 aliphatic rings. The molecule has 2 aromatic rings. The second-order valence-electron chi connectivity index (χ2n) is 6.98. The summed E-state index contributed by atoms with van der Waals surface area (Å²) >= 11 is 0. The number of carbonyl (C=O) groups excluding carboxylic acids is 1. The summed E-state index contributed by atoms with van der Waals surface area (Å²) in [6.45, 7) is 1.75. The van der Waals surface area contributed by atoms with Gasteiger partial charge in [0.1, 0.15) is 16.3 Å². The standard InChI is InChI=1S/C18H21FN4O3S/c19-15-4-1-2-5-16(15)27(25,26)23-11-6-18(7-12-23,22-13-8-20-14-22)17(24)21-9-3-10-21/h1-2,4-5,8,13-14H,3,6-7,9-12H2. The Bertz CT molecular complexity index is 933. The van der Waals surface area contributed by atoms with Gasteiger partial charge in [-0.2, -0.15) is 4.31 Å². The smallest absolute Gasteiger partial charge is 0.248 e. The predicted octanol–water partition coefficient (Wildman–Crippen LogP) is 1.43. The van der Waals surface area contributed by atoms with Crippen LogP contribution in [0.1, 0.15) is 19.3 Å². The lowest BCUT2D eigenvalue weighted by Crippen LogP contribution is -2.59. The van der Waals surface area contributed by atoms with Crippen molar-refractivity contribution in [2.45, 2.75) is 29.7 Å². The molecule has 144 valence electrons. The Morgan fingerprint density at radius 1 is 1.11 bits per heavy atom. The summed E-state index contributed by atoms with van der Waals surface area (Å²) in [5.74, 6) is -0.754. The van der Waals surface area contributed by atoms with E-state index in [1.54, 1.807) is 28.2 Å². The number of piperidine rings is 1. The minimum Gasteiger partial charge on any atom is -0.341 e. The minimum absolute atomic E-state index is 0.00897. The normalized spacial score (nSPS) is 20.3. The average molecular weight is 392 g/mol. The number of halogens is 1. The van der Waals surface area contributed by atoms with Crippen LogP contribution in [0.4, 0.5) is 4.39 Å². The van der Waals surface area contributed by atoms with E-state index in [0.717, 1.165) is 25.6 Å². The molecule has 0 spiro atoms. The van der Waals surface area contributed by atoms with Crippen molar-refractivity contribution in [3.8, 4) is 0 Å². The van der Waals surface area contributed by atoms with E-state index in [1.807, 2.05) is 0 Å². The quantitative estimate of drug-likeness (QED) is 0.789. The number of hydrogen-bond acceptors (Lipinski definition) is 4. The van der Waals surface area contributed by atoms with Gasteiger partial charge in [-0.3, -0.25) is 4.79 Å². The SMILES string of the molecule is O=C(N1CCC1)C1(n2ccnc2)CCN(S(=O)(=O)c2ccccc2F)CC1. The summed E-state index contributed by atoms with van der Waals surface area (Å²) < 4.78 is 42.8. The van der Waals surface area contributed by atoms with Crippen molar-refractivity contribution in [2.75, 3.05) is 26.2 Å². The second-order valence-corrected chi connectivity index (χ2v) is 8.89. The molecule has 27 heavy (non-hydrogen) atoms. The molecule has 2 fully saturated rings. The predicted molar refractivity (Wildman–Crippen MR) is 95.8 cm³/mol. The van der Waals surface area contributed by atoms with Crippen LogP contribution in [-0.4, -0.2) is 59.3 Å². The minimum atomic E-state index is -3.94. The second kappa shape index (κ2) is 6.72. The summed E-state index contributed by atoms with van der Waals surface area (Å²) in [6, 6.07) is 5.37. The monoisotopic (exact) mass is 392 g/mol. The molecule has 0 radical (unpaired) electrons. The summed E-state index contributed by atoms with van der Waals surface area (Å²) in [6.07, 6.45) is 6.61. The molecule has 2 saturated heterocycles. The average Bonchev–Trinajstić information content (AvgIpc) is 3.15. The first kappa shape index (κ1) is 18.1. The fourth-order valence-corrected chi connectivity index (χ4v) is 5.30. The highest BCUT2D eigenvalue weighted by Crippen LogP contribution is 2.35. The first-order chi connectivity index (χ1) is 12.9. The first-order valence-electron chi connectivity index (χ1n) is 8.98. The van der Waals surface area contributed by atoms with Crippen molar-refractivity contribution in [1.82, 2.24) is 18.8 Å². The maximum Gasteiger partial charge on any atom is 0.248 e. The molecule has 4 rings (SSSR count). The van der Waals surface area contributed by atoms with Gasteiger partial charge in [-0.15, -0.1) is 0 Å². The number of rotatable bonds is 4. The maximum atomic E-state index is 14.0. The van der Waals surface area contributed by atoms with Gasteiger partial charge in [0.25, 0.3) is 0 Å². The van der Waals surface area contributed by atoms with Gasteiger partial charge in [0.2, 0.25) is 15.9 Å². The third-order valence-corrected chi connectivity index (χ3v) is 7.48. The van der Waals surface area contributed by atoms with Crippen LogP contribution in [0.3, 0.4) is 0 Å². The Morgan fingerprint density at radius 2 is 1.81 bits per heavy atom. The molecular weight excluding hydrogens is 371 g/mol. The number of sulfonamides is 1. The van der Waals surface area contributed by atoms with E-state index in [1.165, 1.54) is 22.5 Å². The molecule has 3 heterocycles. The maximum absolute atomic E-state index is 14.0. The molecule has 9 heteroatoms. The Hall–Kier alpha value is -2.26. The fraction of sp³-hybridized carbons (Fsp3) is 0.444. The highest BCUT2D eigenvalue weighted by molar-refractivity contribution is 7.89. The molecule has 1 aromatic heterocycles. The van der Waals surface area contributed by atoms with Crippen LogP contribution in [0.2, 0.25) is 0 Å². The zero-order valence-corrected chi connectivity index (χ0v) is 15.6. The van der Waals surface area contributed by atoms with Crippen LogP contribution in [0, 0.1) is 5.82 Å². The molecule has 0 bridgehead atoms. The highest BCUT2D eigenvalue weighted by atomic mass is 32.2. The molecule has 0 N–H and O–H groups in total. The van der Waals surface area contributed by atoms with Gasteiger partial charge < -0.3 is 9.47 Å². The van der Waals surface area contributed by atoms with Gasteiger partial charge in [0.15, 0.2) is 0 Å². The summed E-state index contributed by atoms with van der Waals surface area (Å²) in [5, 5.41) is 0. The van der Waals surface area contributed by atoms with Crippen molar-refractivity contribution in [3.05, 3.63) is 48.8 Å². The molecule has 0 saturated carbocycles. The van der Waals surface area contributed by atoms with Gasteiger partial charge in [0.05, 0.1) is 6.33 Å². The summed E-state index contributed by atoms with van der Waals surface area (Å²) in [4.78, 5) is 18.7. The van der Waals surface area contributed by atoms with Crippen molar-refractivity contribution in [2.24, 2.45) is 0 Å². The molecule has 0 unspecified atom stereocenters. The topological polar surface area (TPSA) is 75.5 Å². The lowest BCUT2D eigenvalue weighted by atomic mass is 9.85. The Morgan fingerprint density at radius 3 is 2.37 bits per heavy atom. The first-order valence-corrected chi connectivity index (χ1v) is 10.4. The number of nitrogens with zero attached hydrogens (tertiary/aromatic N) is 4. The zero-order valence-electron chi connectivity index (χ0n) is 14.8. The number of amides is 1. The molecule has 0 atom stereocenters. The fourth-order valence-electron chi connectivity index (χ4n) is 3.80. The number of likely N-dealkylation sites (tertiary alicyclic amines) is 1. The molecule has 0 aliphatic carbocycles. The molecule has 1 amide bonds. The van der Waals surface area contributed by atoms with E-state index in [4.69, 9.17) is 0 Å². The van der Waals surface area contributed by atoms with E-state index in [0.29, 0.717) is 12.8 Å².